The summed E-state index contributed by atoms with van der Waals surface area (Å²) < 4.78 is 20.1. The van der Waals surface area contributed by atoms with Gasteiger partial charge in [-0.25, -0.2) is 19.6 Å². The lowest BCUT2D eigenvalue weighted by Gasteiger charge is -2.24. The highest BCUT2D eigenvalue weighted by Gasteiger charge is 2.43. The predicted molar refractivity (Wildman–Crippen MR) is 141 cm³/mol. The van der Waals surface area contributed by atoms with E-state index < -0.39 is 30.2 Å². The molecule has 2 aromatic heterocycles. The molecule has 1 aliphatic rings. The molecule has 3 unspecified atom stereocenters. The smallest absolute Gasteiger partial charge is 0.338 e. The van der Waals surface area contributed by atoms with Crippen molar-refractivity contribution >= 4 is 50.5 Å². The van der Waals surface area contributed by atoms with Crippen molar-refractivity contribution in [3.8, 4) is 0 Å². The summed E-state index contributed by atoms with van der Waals surface area (Å²) >= 11 is 9.83. The summed E-state index contributed by atoms with van der Waals surface area (Å²) in [6, 6.07) is 13.8. The standard InChI is InChI=1S/C27H23BrClN3O5/c1-15-3-7-17(8-4-15)26(33)36-13-21-23(37-27(34)18-9-5-16(2)6-10-18)20(12-35-21)32-11-19(28)22-24(29)30-14-31-25(22)32/h3-11,14,20-21,23H,12-13H2,1-2H3. The van der Waals surface area contributed by atoms with Gasteiger partial charge in [0, 0.05) is 10.7 Å². The number of aryl methyl sites for hydroxylation is 2. The zero-order valence-electron chi connectivity index (χ0n) is 20.1. The summed E-state index contributed by atoms with van der Waals surface area (Å²) in [7, 11) is 0. The van der Waals surface area contributed by atoms with Gasteiger partial charge in [0.1, 0.15) is 29.8 Å². The number of ether oxygens (including phenoxy) is 3. The molecule has 1 aliphatic heterocycles. The summed E-state index contributed by atoms with van der Waals surface area (Å²) in [4.78, 5) is 34.2. The number of esters is 2. The fourth-order valence-electron chi connectivity index (χ4n) is 4.27. The number of carbonyl (C=O) groups excluding carboxylic acids is 2. The fourth-order valence-corrected chi connectivity index (χ4v) is 5.19. The number of nitrogens with zero attached hydrogens (tertiary/aromatic N) is 3. The van der Waals surface area contributed by atoms with Gasteiger partial charge >= 0.3 is 11.9 Å². The number of carbonyl (C=O) groups is 2. The second kappa shape index (κ2) is 10.6. The van der Waals surface area contributed by atoms with Crippen molar-refractivity contribution in [2.75, 3.05) is 13.2 Å². The van der Waals surface area contributed by atoms with Crippen LogP contribution in [0.25, 0.3) is 11.0 Å². The Kier molecular flexibility index (Phi) is 7.28. The van der Waals surface area contributed by atoms with Crippen LogP contribution in [-0.2, 0) is 14.2 Å². The Morgan fingerprint density at radius 2 is 1.65 bits per heavy atom. The number of hydrogen-bond acceptors (Lipinski definition) is 7. The first-order valence-corrected chi connectivity index (χ1v) is 12.8. The van der Waals surface area contributed by atoms with Gasteiger partial charge < -0.3 is 18.8 Å². The molecule has 8 nitrogen and oxygen atoms in total. The Hall–Kier alpha value is -3.27. The first-order valence-electron chi connectivity index (χ1n) is 11.6. The van der Waals surface area contributed by atoms with Crippen LogP contribution in [0.1, 0.15) is 37.9 Å². The minimum Gasteiger partial charge on any atom is -0.459 e. The van der Waals surface area contributed by atoms with Crippen LogP contribution in [0.5, 0.6) is 0 Å². The zero-order chi connectivity index (χ0) is 26.1. The Labute approximate surface area is 226 Å². The molecule has 190 valence electrons. The lowest BCUT2D eigenvalue weighted by Crippen LogP contribution is -2.36. The minimum atomic E-state index is -0.768. The summed E-state index contributed by atoms with van der Waals surface area (Å²) in [5, 5.41) is 0.938. The van der Waals surface area contributed by atoms with Crippen molar-refractivity contribution in [2.45, 2.75) is 32.1 Å². The topological polar surface area (TPSA) is 92.5 Å². The molecule has 5 rings (SSSR count). The molecule has 37 heavy (non-hydrogen) atoms. The highest BCUT2D eigenvalue weighted by atomic mass is 79.9. The third-order valence-corrected chi connectivity index (χ3v) is 7.19. The predicted octanol–water partition coefficient (Wildman–Crippen LogP) is 5.49. The van der Waals surface area contributed by atoms with E-state index in [1.165, 1.54) is 6.33 Å². The van der Waals surface area contributed by atoms with Crippen molar-refractivity contribution in [3.63, 3.8) is 0 Å². The largest absolute Gasteiger partial charge is 0.459 e. The first-order chi connectivity index (χ1) is 17.8. The second-order valence-corrected chi connectivity index (χ2v) is 10.1. The number of halogens is 2. The third kappa shape index (κ3) is 5.25. The van der Waals surface area contributed by atoms with Gasteiger partial charge in [-0.3, -0.25) is 0 Å². The number of benzene rings is 2. The minimum absolute atomic E-state index is 0.0921. The Morgan fingerprint density at radius 1 is 1.03 bits per heavy atom. The van der Waals surface area contributed by atoms with Gasteiger partial charge in [-0.2, -0.15) is 0 Å². The van der Waals surface area contributed by atoms with Crippen molar-refractivity contribution in [3.05, 3.63) is 92.9 Å². The van der Waals surface area contributed by atoms with Gasteiger partial charge in [-0.15, -0.1) is 0 Å². The van der Waals surface area contributed by atoms with E-state index in [-0.39, 0.29) is 13.2 Å². The van der Waals surface area contributed by atoms with E-state index in [1.807, 2.05) is 48.9 Å². The highest BCUT2D eigenvalue weighted by molar-refractivity contribution is 9.10. The molecule has 1 saturated heterocycles. The number of fused-ring (bicyclic) bond motifs is 1. The van der Waals surface area contributed by atoms with Gasteiger partial charge in [0.05, 0.1) is 29.2 Å². The normalized spacial score (nSPS) is 19.2. The fraction of sp³-hybridized carbons (Fsp3) is 0.259. The quantitative estimate of drug-likeness (QED) is 0.219. The van der Waals surface area contributed by atoms with Crippen LogP contribution in [0.2, 0.25) is 5.15 Å². The van der Waals surface area contributed by atoms with Crippen molar-refractivity contribution in [2.24, 2.45) is 0 Å². The molecule has 0 saturated carbocycles. The van der Waals surface area contributed by atoms with Gasteiger partial charge in [0.25, 0.3) is 0 Å². The third-order valence-electron chi connectivity index (χ3n) is 6.30. The molecule has 0 spiro atoms. The van der Waals surface area contributed by atoms with E-state index in [0.717, 1.165) is 11.1 Å². The summed E-state index contributed by atoms with van der Waals surface area (Å²) in [6.45, 7) is 3.99. The van der Waals surface area contributed by atoms with Crippen LogP contribution in [0.15, 0.2) is 65.5 Å². The Bertz CT molecular complexity index is 1460. The Morgan fingerprint density at radius 3 is 2.30 bits per heavy atom. The van der Waals surface area contributed by atoms with E-state index in [4.69, 9.17) is 25.8 Å². The lowest BCUT2D eigenvalue weighted by atomic mass is 10.1. The number of hydrogen-bond donors (Lipinski definition) is 0. The molecule has 1 fully saturated rings. The molecule has 0 aliphatic carbocycles. The van der Waals surface area contributed by atoms with Crippen LogP contribution in [-0.4, -0.2) is 51.9 Å². The lowest BCUT2D eigenvalue weighted by molar-refractivity contribution is -0.0307. The van der Waals surface area contributed by atoms with Gasteiger partial charge in [-0.1, -0.05) is 47.0 Å². The Balaban J connectivity index is 1.42. The van der Waals surface area contributed by atoms with E-state index >= 15 is 0 Å². The van der Waals surface area contributed by atoms with Gasteiger partial charge in [0.15, 0.2) is 6.10 Å². The molecule has 0 radical (unpaired) electrons. The SMILES string of the molecule is Cc1ccc(C(=O)OCC2OCC(n3cc(Br)c4c(Cl)ncnc43)C2OC(=O)c2ccc(C)cc2)cc1. The molecule has 2 aromatic carbocycles. The molecular weight excluding hydrogens is 562 g/mol. The van der Waals surface area contributed by atoms with Crippen LogP contribution in [0.3, 0.4) is 0 Å². The van der Waals surface area contributed by atoms with Crippen LogP contribution in [0.4, 0.5) is 0 Å². The van der Waals surface area contributed by atoms with Crippen LogP contribution < -0.4 is 0 Å². The highest BCUT2D eigenvalue weighted by Crippen LogP contribution is 2.36. The van der Waals surface area contributed by atoms with Crippen molar-refractivity contribution < 1.29 is 23.8 Å². The van der Waals surface area contributed by atoms with Crippen molar-refractivity contribution in [1.82, 2.24) is 14.5 Å². The molecule has 3 atom stereocenters. The summed E-state index contributed by atoms with van der Waals surface area (Å²) in [5.41, 5.74) is 3.47. The first kappa shape index (κ1) is 25.4. The average Bonchev–Trinajstić information content (AvgIpc) is 3.44. The summed E-state index contributed by atoms with van der Waals surface area (Å²) in [6.07, 6.45) is 1.72. The molecule has 10 heteroatoms. The summed E-state index contributed by atoms with van der Waals surface area (Å²) in [5.74, 6) is -0.983. The van der Waals surface area contributed by atoms with E-state index in [1.54, 1.807) is 24.3 Å². The van der Waals surface area contributed by atoms with Crippen LogP contribution >= 0.6 is 27.5 Å². The van der Waals surface area contributed by atoms with Gasteiger partial charge in [-0.05, 0) is 54.0 Å². The average molecular weight is 585 g/mol. The zero-order valence-corrected chi connectivity index (χ0v) is 22.4. The molecule has 0 bridgehead atoms. The van der Waals surface area contributed by atoms with E-state index in [2.05, 4.69) is 25.9 Å². The molecular formula is C27H23BrClN3O5. The number of aromatic nitrogens is 3. The molecule has 0 N–H and O–H groups in total. The maximum Gasteiger partial charge on any atom is 0.338 e. The second-order valence-electron chi connectivity index (χ2n) is 8.89. The number of rotatable bonds is 6. The molecule has 0 amide bonds. The van der Waals surface area contributed by atoms with Crippen LogP contribution in [0, 0.1) is 13.8 Å². The maximum absolute atomic E-state index is 13.1. The molecule has 3 heterocycles. The monoisotopic (exact) mass is 583 g/mol. The van der Waals surface area contributed by atoms with E-state index in [9.17, 15) is 9.59 Å². The molecule has 4 aromatic rings. The maximum atomic E-state index is 13.1. The van der Waals surface area contributed by atoms with Crippen molar-refractivity contribution in [1.29, 1.82) is 0 Å². The van der Waals surface area contributed by atoms with Gasteiger partial charge in [0.2, 0.25) is 0 Å². The van der Waals surface area contributed by atoms with E-state index in [0.29, 0.717) is 31.8 Å².